The molecule has 2 atom stereocenters. The first-order valence-electron chi connectivity index (χ1n) is 7.37. The summed E-state index contributed by atoms with van der Waals surface area (Å²) in [6.45, 7) is 2.39. The fourth-order valence-electron chi connectivity index (χ4n) is 3.88. The number of benzene rings is 1. The number of nitrogens with zero attached hydrogens (tertiary/aromatic N) is 1. The number of carboxylic acid groups (broad SMARTS) is 1. The first-order valence-corrected chi connectivity index (χ1v) is 7.37. The van der Waals surface area contributed by atoms with Crippen molar-refractivity contribution in [2.45, 2.75) is 38.0 Å². The summed E-state index contributed by atoms with van der Waals surface area (Å²) in [5.41, 5.74) is 5.70. The number of rotatable bonds is 2. The van der Waals surface area contributed by atoms with E-state index in [1.807, 2.05) is 0 Å². The normalized spacial score (nSPS) is 27.9. The third kappa shape index (κ3) is 1.75. The topological polar surface area (TPSA) is 40.5 Å². The van der Waals surface area contributed by atoms with E-state index in [0.29, 0.717) is 0 Å². The van der Waals surface area contributed by atoms with Crippen LogP contribution in [0.3, 0.4) is 0 Å². The number of hydrogen-bond donors (Lipinski definition) is 1. The Morgan fingerprint density at radius 2 is 1.79 bits per heavy atom. The molecule has 0 bridgehead atoms. The fourth-order valence-corrected chi connectivity index (χ4v) is 3.88. The monoisotopic (exact) mass is 257 g/mol. The van der Waals surface area contributed by atoms with Gasteiger partial charge in [0, 0.05) is 18.8 Å². The molecule has 3 nitrogen and oxygen atoms in total. The molecule has 1 fully saturated rings. The van der Waals surface area contributed by atoms with Crippen LogP contribution < -0.4 is 4.90 Å². The Bertz CT molecular complexity index is 521. The molecule has 3 heteroatoms. The third-order valence-corrected chi connectivity index (χ3v) is 4.89. The molecular formula is C16H19NO2. The molecule has 0 spiro atoms. The summed E-state index contributed by atoms with van der Waals surface area (Å²) in [6.07, 6.45) is 5.64. The molecule has 4 rings (SSSR count). The van der Waals surface area contributed by atoms with Crippen molar-refractivity contribution in [3.8, 4) is 0 Å². The van der Waals surface area contributed by atoms with Crippen LogP contribution in [0.15, 0.2) is 12.1 Å². The minimum atomic E-state index is -0.627. The minimum absolute atomic E-state index is 0.131. The SMILES string of the molecule is O=C(O)C1CC1c1cc2c3c(c1)CCCN3CCC2. The smallest absolute Gasteiger partial charge is 0.307 e. The van der Waals surface area contributed by atoms with E-state index in [1.54, 1.807) is 0 Å². The summed E-state index contributed by atoms with van der Waals surface area (Å²) in [6, 6.07) is 4.59. The average Bonchev–Trinajstić information content (AvgIpc) is 3.19. The molecule has 0 aromatic heterocycles. The fraction of sp³-hybridized carbons (Fsp3) is 0.562. The molecular weight excluding hydrogens is 238 g/mol. The van der Waals surface area contributed by atoms with E-state index in [2.05, 4.69) is 17.0 Å². The van der Waals surface area contributed by atoms with Crippen molar-refractivity contribution in [3.63, 3.8) is 0 Å². The Balaban J connectivity index is 1.74. The zero-order valence-corrected chi connectivity index (χ0v) is 11.1. The van der Waals surface area contributed by atoms with Gasteiger partial charge in [-0.05, 0) is 54.7 Å². The molecule has 2 aliphatic heterocycles. The molecule has 0 saturated heterocycles. The molecule has 100 valence electrons. The number of carbonyl (C=O) groups is 1. The lowest BCUT2D eigenvalue weighted by Gasteiger charge is -2.37. The molecule has 19 heavy (non-hydrogen) atoms. The van der Waals surface area contributed by atoms with E-state index in [-0.39, 0.29) is 11.8 Å². The zero-order valence-electron chi connectivity index (χ0n) is 11.1. The molecule has 2 heterocycles. The van der Waals surface area contributed by atoms with Crippen molar-refractivity contribution in [1.82, 2.24) is 0 Å². The summed E-state index contributed by atoms with van der Waals surface area (Å²) < 4.78 is 0. The largest absolute Gasteiger partial charge is 0.481 e. The summed E-state index contributed by atoms with van der Waals surface area (Å²) in [5.74, 6) is -0.483. The van der Waals surface area contributed by atoms with Gasteiger partial charge in [-0.3, -0.25) is 4.79 Å². The maximum absolute atomic E-state index is 11.0. The molecule has 1 aromatic rings. The van der Waals surface area contributed by atoms with Crippen LogP contribution in [-0.4, -0.2) is 24.2 Å². The van der Waals surface area contributed by atoms with Crippen LogP contribution in [0.5, 0.6) is 0 Å². The second-order valence-electron chi connectivity index (χ2n) is 6.17. The van der Waals surface area contributed by atoms with E-state index in [9.17, 15) is 4.79 Å². The van der Waals surface area contributed by atoms with Gasteiger partial charge in [0.05, 0.1) is 5.92 Å². The van der Waals surface area contributed by atoms with Gasteiger partial charge in [-0.25, -0.2) is 0 Å². The minimum Gasteiger partial charge on any atom is -0.481 e. The molecule has 0 radical (unpaired) electrons. The summed E-state index contributed by atoms with van der Waals surface area (Å²) in [7, 11) is 0. The van der Waals surface area contributed by atoms with Crippen molar-refractivity contribution in [2.75, 3.05) is 18.0 Å². The molecule has 1 aliphatic carbocycles. The lowest BCUT2D eigenvalue weighted by atomic mass is 9.89. The number of hydrogen-bond acceptors (Lipinski definition) is 2. The molecule has 1 aromatic carbocycles. The summed E-state index contributed by atoms with van der Waals surface area (Å²) in [5, 5.41) is 9.09. The van der Waals surface area contributed by atoms with Gasteiger partial charge in [0.15, 0.2) is 0 Å². The van der Waals surface area contributed by atoms with Crippen molar-refractivity contribution < 1.29 is 9.90 Å². The first kappa shape index (κ1) is 11.3. The van der Waals surface area contributed by atoms with E-state index in [1.165, 1.54) is 48.3 Å². The van der Waals surface area contributed by atoms with E-state index >= 15 is 0 Å². The van der Waals surface area contributed by atoms with E-state index < -0.39 is 5.97 Å². The molecule has 1 N–H and O–H groups in total. The van der Waals surface area contributed by atoms with Crippen molar-refractivity contribution in [2.24, 2.45) is 5.92 Å². The van der Waals surface area contributed by atoms with Crippen LogP contribution in [0, 0.1) is 5.92 Å². The van der Waals surface area contributed by atoms with Crippen molar-refractivity contribution in [3.05, 3.63) is 28.8 Å². The second kappa shape index (κ2) is 3.99. The Morgan fingerprint density at radius 3 is 2.32 bits per heavy atom. The Labute approximate surface area is 113 Å². The van der Waals surface area contributed by atoms with Gasteiger partial charge in [-0.1, -0.05) is 12.1 Å². The molecule has 0 amide bonds. The van der Waals surface area contributed by atoms with E-state index in [4.69, 9.17) is 5.11 Å². The van der Waals surface area contributed by atoms with Crippen LogP contribution in [-0.2, 0) is 17.6 Å². The highest BCUT2D eigenvalue weighted by Crippen LogP contribution is 2.49. The quantitative estimate of drug-likeness (QED) is 0.885. The van der Waals surface area contributed by atoms with E-state index in [0.717, 1.165) is 19.3 Å². The summed E-state index contributed by atoms with van der Waals surface area (Å²) >= 11 is 0. The lowest BCUT2D eigenvalue weighted by Crippen LogP contribution is -2.34. The summed E-state index contributed by atoms with van der Waals surface area (Å²) in [4.78, 5) is 13.6. The van der Waals surface area contributed by atoms with Gasteiger partial charge < -0.3 is 10.0 Å². The third-order valence-electron chi connectivity index (χ3n) is 4.89. The van der Waals surface area contributed by atoms with Gasteiger partial charge >= 0.3 is 5.97 Å². The van der Waals surface area contributed by atoms with Crippen LogP contribution in [0.25, 0.3) is 0 Å². The van der Waals surface area contributed by atoms with Crippen LogP contribution in [0.4, 0.5) is 5.69 Å². The first-order chi connectivity index (χ1) is 9.24. The predicted octanol–water partition coefficient (Wildman–Crippen LogP) is 2.57. The highest BCUT2D eigenvalue weighted by Gasteiger charge is 2.44. The number of aliphatic carboxylic acids is 1. The Hall–Kier alpha value is -1.51. The molecule has 3 aliphatic rings. The Morgan fingerprint density at radius 1 is 1.16 bits per heavy atom. The predicted molar refractivity (Wildman–Crippen MR) is 73.8 cm³/mol. The highest BCUT2D eigenvalue weighted by atomic mass is 16.4. The van der Waals surface area contributed by atoms with Crippen molar-refractivity contribution in [1.29, 1.82) is 0 Å². The Kier molecular flexibility index (Phi) is 2.38. The number of anilines is 1. The standard InChI is InChI=1S/C16H19NO2/c18-16(19)14-9-13(14)12-7-10-3-1-5-17-6-2-4-11(8-12)15(10)17/h7-8,13-14H,1-6,9H2,(H,18,19). The highest BCUT2D eigenvalue weighted by molar-refractivity contribution is 5.76. The van der Waals surface area contributed by atoms with Gasteiger partial charge in [0.1, 0.15) is 0 Å². The van der Waals surface area contributed by atoms with Gasteiger partial charge in [0.25, 0.3) is 0 Å². The van der Waals surface area contributed by atoms with Crippen LogP contribution in [0.1, 0.15) is 41.9 Å². The maximum Gasteiger partial charge on any atom is 0.307 e. The lowest BCUT2D eigenvalue weighted by molar-refractivity contribution is -0.138. The van der Waals surface area contributed by atoms with Crippen molar-refractivity contribution >= 4 is 11.7 Å². The zero-order chi connectivity index (χ0) is 13.0. The van der Waals surface area contributed by atoms with Gasteiger partial charge in [-0.15, -0.1) is 0 Å². The number of carboxylic acids is 1. The van der Waals surface area contributed by atoms with Crippen LogP contribution in [0.2, 0.25) is 0 Å². The molecule has 1 saturated carbocycles. The molecule has 2 unspecified atom stereocenters. The average molecular weight is 257 g/mol. The maximum atomic E-state index is 11.0. The number of aryl methyl sites for hydroxylation is 2. The van der Waals surface area contributed by atoms with Gasteiger partial charge in [0.2, 0.25) is 0 Å². The van der Waals surface area contributed by atoms with Crippen LogP contribution >= 0.6 is 0 Å². The second-order valence-corrected chi connectivity index (χ2v) is 6.17. The van der Waals surface area contributed by atoms with Gasteiger partial charge in [-0.2, -0.15) is 0 Å².